The van der Waals surface area contributed by atoms with Crippen LogP contribution in [-0.2, 0) is 52.9 Å². The van der Waals surface area contributed by atoms with Crippen molar-refractivity contribution >= 4 is 37.9 Å². The molecule has 468 valence electrons. The first-order valence-corrected chi connectivity index (χ1v) is 33.2. The van der Waals surface area contributed by atoms with Gasteiger partial charge in [0.1, 0.15) is 53.6 Å². The molecule has 0 radical (unpaired) electrons. The van der Waals surface area contributed by atoms with Gasteiger partial charge in [0.05, 0.1) is 66.0 Å². The molecule has 88 heavy (non-hydrogen) atoms. The number of carbonyl (C=O) groups excluding carboxylic acids is 4. The zero-order valence-corrected chi connectivity index (χ0v) is 55.7. The average molecular weight is 1220 g/mol. The molecule has 0 unspecified atom stereocenters. The fourth-order valence-electron chi connectivity index (χ4n) is 11.5. The molecule has 5 aromatic rings. The zero-order chi connectivity index (χ0) is 66.0. The Kier molecular flexibility index (Phi) is 22.5. The number of carboxylic acids is 1. The van der Waals surface area contributed by atoms with Crippen molar-refractivity contribution in [2.45, 2.75) is 189 Å². The standard InChI is InChI=1S/C26H28O5.C21H30O3Si.C16H18O3.C10H12O3/c1-7-18-14-19(15-21-23(18)31-26(5,6)16-25(21,3)4)24(28)30-20-11-9-17(10-12-20)13-22(27)29-8-2;1-9-23-19(22)16-12-15(10-11-25(6,7)8)18-17(13-16)20(2,3)14-21(4,5)24-18;1-6-10-7-11(14(17)18)8-12-13(10)19-16(4,5)9-15(12,2)3;1-2-13-10(12)7-8-3-5-9(11)6-4-8/h1,9-12,14-15H,8,13,16H2,2-6H3;12-13H,9,14H2,1-8H3;1,7-8H,9H2,2-5H3,(H,17,18);3-6,11H,2,7H2,1H3. The third-order valence-electron chi connectivity index (χ3n) is 14.4. The fourth-order valence-corrected chi connectivity index (χ4v) is 12.0. The van der Waals surface area contributed by atoms with E-state index < -0.39 is 20.0 Å². The van der Waals surface area contributed by atoms with E-state index in [1.807, 2.05) is 52.8 Å². The summed E-state index contributed by atoms with van der Waals surface area (Å²) in [7, 11) is -1.55. The van der Waals surface area contributed by atoms with Gasteiger partial charge in [-0.3, -0.25) is 9.59 Å². The molecule has 15 heteroatoms. The van der Waals surface area contributed by atoms with Gasteiger partial charge in [0, 0.05) is 16.7 Å². The SMILES string of the molecule is C#Cc1cc(C(=O)O)cc2c1OC(C)(C)CC2(C)C.C#Cc1cc(C(=O)Oc2ccc(CC(=O)OCC)cc2)cc2c1OC(C)(C)CC2(C)C.CCOC(=O)Cc1ccc(O)cc1.CCOC(=O)c1cc(C#C[Si](C)(C)C)c2c(c1)C(C)(C)CC(C)(C)O2. The van der Waals surface area contributed by atoms with Gasteiger partial charge >= 0.3 is 29.8 Å². The summed E-state index contributed by atoms with van der Waals surface area (Å²) < 4.78 is 38.9. The Labute approximate surface area is 522 Å². The van der Waals surface area contributed by atoms with Gasteiger partial charge in [-0.25, -0.2) is 14.4 Å². The van der Waals surface area contributed by atoms with E-state index in [1.165, 1.54) is 6.07 Å². The highest BCUT2D eigenvalue weighted by molar-refractivity contribution is 6.83. The molecule has 0 bridgehead atoms. The third-order valence-corrected chi connectivity index (χ3v) is 15.3. The highest BCUT2D eigenvalue weighted by Crippen LogP contribution is 2.49. The number of aromatic hydroxyl groups is 1. The van der Waals surface area contributed by atoms with Gasteiger partial charge in [0.25, 0.3) is 0 Å². The van der Waals surface area contributed by atoms with Crippen LogP contribution < -0.4 is 18.9 Å². The maximum atomic E-state index is 12.8. The number of phenolic OH excluding ortho intramolecular Hbond substituents is 1. The Hall–Kier alpha value is -8.45. The quantitative estimate of drug-likeness (QED) is 0.0417. The lowest BCUT2D eigenvalue weighted by Gasteiger charge is -2.43. The van der Waals surface area contributed by atoms with E-state index in [-0.39, 0.29) is 75.1 Å². The van der Waals surface area contributed by atoms with E-state index in [0.29, 0.717) is 59.3 Å². The van der Waals surface area contributed by atoms with Crippen molar-refractivity contribution in [3.8, 4) is 64.9 Å². The van der Waals surface area contributed by atoms with E-state index >= 15 is 0 Å². The summed E-state index contributed by atoms with van der Waals surface area (Å²) in [5.74, 6) is 8.88. The highest BCUT2D eigenvalue weighted by Gasteiger charge is 2.43. The molecule has 0 atom stereocenters. The minimum atomic E-state index is -1.55. The minimum absolute atomic E-state index is 0.102. The average Bonchev–Trinajstić information content (AvgIpc) is 1.51. The number of esters is 4. The molecule has 2 N–H and O–H groups in total. The van der Waals surface area contributed by atoms with Crippen molar-refractivity contribution in [2.24, 2.45) is 0 Å². The second-order valence-electron chi connectivity index (χ2n) is 26.9. The van der Waals surface area contributed by atoms with Crippen molar-refractivity contribution in [2.75, 3.05) is 19.8 Å². The number of benzene rings is 5. The molecule has 0 saturated heterocycles. The van der Waals surface area contributed by atoms with Crippen LogP contribution in [0.15, 0.2) is 84.9 Å². The summed E-state index contributed by atoms with van der Waals surface area (Å²) in [6, 6.07) is 23.6. The van der Waals surface area contributed by atoms with Gasteiger partial charge in [-0.2, -0.15) is 0 Å². The predicted molar refractivity (Wildman–Crippen MR) is 346 cm³/mol. The lowest BCUT2D eigenvalue weighted by molar-refractivity contribution is -0.143. The molecule has 14 nitrogen and oxygen atoms in total. The van der Waals surface area contributed by atoms with E-state index in [2.05, 4.69) is 98.3 Å². The molecule has 0 saturated carbocycles. The molecule has 0 aromatic heterocycles. The molecule has 3 heterocycles. The fraction of sp³-hybridized carbons (Fsp3) is 0.438. The first-order valence-electron chi connectivity index (χ1n) is 29.7. The van der Waals surface area contributed by atoms with Crippen LogP contribution in [0.25, 0.3) is 0 Å². The number of fused-ring (bicyclic) bond motifs is 3. The van der Waals surface area contributed by atoms with Crippen LogP contribution in [0.4, 0.5) is 0 Å². The number of carboxylic acid groups (broad SMARTS) is 1. The number of hydrogen-bond donors (Lipinski definition) is 2. The first kappa shape index (κ1) is 70.3. The molecule has 8 rings (SSSR count). The monoisotopic (exact) mass is 1220 g/mol. The van der Waals surface area contributed by atoms with E-state index in [4.69, 9.17) is 56.2 Å². The summed E-state index contributed by atoms with van der Waals surface area (Å²) >= 11 is 0. The predicted octanol–water partition coefficient (Wildman–Crippen LogP) is 14.5. The Bertz CT molecular complexity index is 3550. The van der Waals surface area contributed by atoms with Gasteiger partial charge in [0.15, 0.2) is 0 Å². The number of terminal acetylenes is 2. The Balaban J connectivity index is 0.000000223. The zero-order valence-electron chi connectivity index (χ0n) is 54.7. The van der Waals surface area contributed by atoms with Gasteiger partial charge in [-0.15, -0.1) is 18.4 Å². The first-order chi connectivity index (χ1) is 40.8. The largest absolute Gasteiger partial charge is 0.508 e. The summed E-state index contributed by atoms with van der Waals surface area (Å²) in [5.41, 5.74) is 9.40. The lowest BCUT2D eigenvalue weighted by atomic mass is 9.72. The second-order valence-corrected chi connectivity index (χ2v) is 31.7. The lowest BCUT2D eigenvalue weighted by Crippen LogP contribution is -2.41. The Morgan fingerprint density at radius 2 is 0.864 bits per heavy atom. The smallest absolute Gasteiger partial charge is 0.343 e. The maximum Gasteiger partial charge on any atom is 0.343 e. The molecule has 3 aliphatic heterocycles. The molecule has 0 amide bonds. The van der Waals surface area contributed by atoms with Crippen LogP contribution in [-0.4, -0.2) is 84.8 Å². The Morgan fingerprint density at radius 1 is 0.511 bits per heavy atom. The summed E-state index contributed by atoms with van der Waals surface area (Å²) in [4.78, 5) is 59.0. The van der Waals surface area contributed by atoms with Gasteiger partial charge in [0.2, 0.25) is 0 Å². The van der Waals surface area contributed by atoms with Crippen LogP contribution in [0, 0.1) is 36.2 Å². The third kappa shape index (κ3) is 19.3. The van der Waals surface area contributed by atoms with Crippen molar-refractivity contribution in [3.63, 3.8) is 0 Å². The number of hydrogen-bond acceptors (Lipinski definition) is 13. The van der Waals surface area contributed by atoms with Gasteiger partial charge in [-0.05, 0) is 170 Å². The molecule has 3 aliphatic rings. The van der Waals surface area contributed by atoms with Gasteiger partial charge < -0.3 is 43.4 Å². The highest BCUT2D eigenvalue weighted by atomic mass is 28.3. The van der Waals surface area contributed by atoms with Crippen molar-refractivity contribution in [3.05, 3.63) is 146 Å². The van der Waals surface area contributed by atoms with Crippen LogP contribution in [0.2, 0.25) is 19.6 Å². The normalized spacial score (nSPS) is 16.0. The van der Waals surface area contributed by atoms with Crippen LogP contribution in [0.3, 0.4) is 0 Å². The van der Waals surface area contributed by atoms with Crippen molar-refractivity contribution < 1.29 is 67.3 Å². The summed E-state index contributed by atoms with van der Waals surface area (Å²) in [5, 5.41) is 18.1. The summed E-state index contributed by atoms with van der Waals surface area (Å²) in [6.45, 7) is 38.2. The number of phenols is 1. The van der Waals surface area contributed by atoms with E-state index in [1.54, 1.807) is 74.5 Å². The molecule has 0 spiro atoms. The van der Waals surface area contributed by atoms with E-state index in [0.717, 1.165) is 58.4 Å². The van der Waals surface area contributed by atoms with E-state index in [9.17, 15) is 24.0 Å². The topological polar surface area (TPSA) is 190 Å². The molecule has 0 fully saturated rings. The van der Waals surface area contributed by atoms with Crippen LogP contribution in [0.1, 0.15) is 199 Å². The minimum Gasteiger partial charge on any atom is -0.508 e. The number of ether oxygens (including phenoxy) is 7. The number of aromatic carboxylic acids is 1. The maximum absolute atomic E-state index is 12.8. The van der Waals surface area contributed by atoms with Crippen LogP contribution in [0.5, 0.6) is 28.7 Å². The number of rotatable bonds is 11. The van der Waals surface area contributed by atoms with Gasteiger partial charge in [-0.1, -0.05) is 103 Å². The molecule has 5 aromatic carbocycles. The molecule has 0 aliphatic carbocycles. The Morgan fingerprint density at radius 3 is 1.24 bits per heavy atom. The number of carbonyl (C=O) groups is 5. The molecular weight excluding hydrogens is 1130 g/mol. The van der Waals surface area contributed by atoms with Crippen molar-refractivity contribution in [1.29, 1.82) is 0 Å². The van der Waals surface area contributed by atoms with Crippen molar-refractivity contribution in [1.82, 2.24) is 0 Å². The van der Waals surface area contributed by atoms with Crippen LogP contribution >= 0.6 is 0 Å². The summed E-state index contributed by atoms with van der Waals surface area (Å²) in [6.07, 6.45) is 14.1. The second kappa shape index (κ2) is 28.1. The molecular formula is C73H88O14Si.